The molecule has 2 heterocycles. The van der Waals surface area contributed by atoms with E-state index in [4.69, 9.17) is 21.3 Å². The highest BCUT2D eigenvalue weighted by Gasteiger charge is 2.31. The summed E-state index contributed by atoms with van der Waals surface area (Å²) in [4.78, 5) is 45.5. The number of anilines is 1. The molecule has 56 heavy (non-hydrogen) atoms. The van der Waals surface area contributed by atoms with Gasteiger partial charge in [0.25, 0.3) is 11.8 Å². The van der Waals surface area contributed by atoms with Crippen molar-refractivity contribution in [2.24, 2.45) is 11.8 Å². The highest BCUT2D eigenvalue weighted by molar-refractivity contribution is 6.36. The molecule has 0 bridgehead atoms. The van der Waals surface area contributed by atoms with Crippen molar-refractivity contribution in [3.8, 4) is 28.3 Å². The summed E-state index contributed by atoms with van der Waals surface area (Å²) in [5.74, 6) is 1.69. The van der Waals surface area contributed by atoms with Gasteiger partial charge in [-0.05, 0) is 86.1 Å². The molecule has 0 saturated heterocycles. The number of ether oxygens (including phenoxy) is 1. The summed E-state index contributed by atoms with van der Waals surface area (Å²) in [6.07, 6.45) is 9.14. The lowest BCUT2D eigenvalue weighted by atomic mass is 9.84. The predicted octanol–water partition coefficient (Wildman–Crippen LogP) is 10.3. The summed E-state index contributed by atoms with van der Waals surface area (Å²) in [5, 5.41) is 6.74. The molecule has 5 rings (SSSR count). The Labute approximate surface area is 339 Å². The summed E-state index contributed by atoms with van der Waals surface area (Å²) >= 11 is 7.03. The third-order valence-electron chi connectivity index (χ3n) is 11.8. The van der Waals surface area contributed by atoms with E-state index in [9.17, 15) is 14.4 Å². The Morgan fingerprint density at radius 1 is 1.05 bits per heavy atom. The number of hydrogen-bond acceptors (Lipinski definition) is 6. The number of carbonyl (C=O) groups excluding carboxylic acids is 3. The number of nitrogens with one attached hydrogen (secondary N) is 2. The van der Waals surface area contributed by atoms with Gasteiger partial charge in [-0.2, -0.15) is 0 Å². The SMILES string of the molecule is C=C1N(C)C=C(C(=O)Nc2cccc(-c3cccc(-c4cc5c(c(OC)n4)C(C)CC5)c3Cl)c2C)C(=O)N1C.CC[C@@H](C)CCC(CC)(CC)NC(=O)C(C)C. The van der Waals surface area contributed by atoms with Gasteiger partial charge < -0.3 is 20.3 Å². The molecule has 0 spiro atoms. The highest BCUT2D eigenvalue weighted by atomic mass is 35.5. The normalized spacial score (nSPS) is 15.9. The summed E-state index contributed by atoms with van der Waals surface area (Å²) in [6, 6.07) is 13.6. The molecule has 1 aliphatic carbocycles. The molecule has 2 aliphatic rings. The number of pyridine rings is 1. The van der Waals surface area contributed by atoms with E-state index >= 15 is 0 Å². The Kier molecular flexibility index (Phi) is 15.0. The van der Waals surface area contributed by atoms with Gasteiger partial charge in [-0.3, -0.25) is 19.3 Å². The second kappa shape index (κ2) is 19.0. The Balaban J connectivity index is 0.000000347. The zero-order valence-electron chi connectivity index (χ0n) is 35.4. The molecule has 1 unspecified atom stereocenters. The monoisotopic (exact) mass is 783 g/mol. The zero-order chi connectivity index (χ0) is 41.5. The molecule has 3 aromatic rings. The first-order chi connectivity index (χ1) is 26.5. The number of carbonyl (C=O) groups is 3. The Morgan fingerprint density at radius 2 is 1.70 bits per heavy atom. The van der Waals surface area contributed by atoms with Crippen LogP contribution >= 0.6 is 11.6 Å². The van der Waals surface area contributed by atoms with E-state index in [1.54, 1.807) is 26.1 Å². The molecule has 2 N–H and O–H groups in total. The van der Waals surface area contributed by atoms with Gasteiger partial charge in [-0.15, -0.1) is 0 Å². The highest BCUT2D eigenvalue weighted by Crippen LogP contribution is 2.43. The van der Waals surface area contributed by atoms with Crippen LogP contribution in [0.3, 0.4) is 0 Å². The van der Waals surface area contributed by atoms with Gasteiger partial charge in [0.05, 0.1) is 17.8 Å². The van der Waals surface area contributed by atoms with Crippen LogP contribution in [0.1, 0.15) is 110 Å². The molecule has 302 valence electrons. The number of amides is 3. The van der Waals surface area contributed by atoms with Crippen molar-refractivity contribution in [2.75, 3.05) is 26.5 Å². The maximum atomic E-state index is 13.1. The smallest absolute Gasteiger partial charge is 0.266 e. The summed E-state index contributed by atoms with van der Waals surface area (Å²) < 4.78 is 5.66. The number of aromatic nitrogens is 1. The van der Waals surface area contributed by atoms with E-state index < -0.39 is 11.8 Å². The molecule has 0 fully saturated rings. The third-order valence-corrected chi connectivity index (χ3v) is 12.2. The molecule has 1 aliphatic heterocycles. The first kappa shape index (κ1) is 44.1. The Morgan fingerprint density at radius 3 is 2.32 bits per heavy atom. The maximum Gasteiger partial charge on any atom is 0.266 e. The predicted molar refractivity (Wildman–Crippen MR) is 230 cm³/mol. The van der Waals surface area contributed by atoms with Gasteiger partial charge in [-0.1, -0.05) is 103 Å². The third kappa shape index (κ3) is 9.66. The van der Waals surface area contributed by atoms with E-state index in [1.165, 1.54) is 35.1 Å². The number of nitrogens with zero attached hydrogens (tertiary/aromatic N) is 3. The van der Waals surface area contributed by atoms with Crippen LogP contribution in [-0.2, 0) is 20.8 Å². The fourth-order valence-electron chi connectivity index (χ4n) is 7.31. The number of hydrogen-bond donors (Lipinski definition) is 2. The van der Waals surface area contributed by atoms with Crippen molar-refractivity contribution in [3.05, 3.63) is 88.4 Å². The summed E-state index contributed by atoms with van der Waals surface area (Å²) in [5.41, 5.74) is 7.17. The summed E-state index contributed by atoms with van der Waals surface area (Å²) in [6.45, 7) is 20.8. The zero-order valence-corrected chi connectivity index (χ0v) is 36.1. The first-order valence-electron chi connectivity index (χ1n) is 20.0. The quantitative estimate of drug-likeness (QED) is 0.167. The Bertz CT molecular complexity index is 1970. The molecule has 3 amide bonds. The maximum absolute atomic E-state index is 13.1. The topological polar surface area (TPSA) is 104 Å². The molecule has 0 saturated carbocycles. The minimum absolute atomic E-state index is 0.0186. The number of halogens is 1. The van der Waals surface area contributed by atoms with Crippen LogP contribution in [0.25, 0.3) is 22.4 Å². The van der Waals surface area contributed by atoms with Crippen LogP contribution in [0, 0.1) is 18.8 Å². The van der Waals surface area contributed by atoms with E-state index in [0.717, 1.165) is 66.0 Å². The fraction of sp³-hybridized carbons (Fsp3) is 0.478. The molecule has 1 aromatic heterocycles. The minimum atomic E-state index is -0.491. The van der Waals surface area contributed by atoms with Gasteiger partial charge in [0.1, 0.15) is 11.4 Å². The fourth-order valence-corrected chi connectivity index (χ4v) is 7.63. The number of benzene rings is 2. The van der Waals surface area contributed by atoms with Crippen LogP contribution in [-0.4, -0.2) is 59.2 Å². The summed E-state index contributed by atoms with van der Waals surface area (Å²) in [7, 11) is 4.99. The van der Waals surface area contributed by atoms with Gasteiger partial charge in [0.2, 0.25) is 11.8 Å². The van der Waals surface area contributed by atoms with Crippen molar-refractivity contribution >= 4 is 35.0 Å². The van der Waals surface area contributed by atoms with Crippen LogP contribution < -0.4 is 15.4 Å². The molecule has 10 heteroatoms. The number of methoxy groups -OCH3 is 1. The number of likely N-dealkylation sites (N-methyl/N-ethyl adjacent to an activating group) is 1. The van der Waals surface area contributed by atoms with E-state index in [2.05, 4.69) is 57.9 Å². The molecule has 2 atom stereocenters. The van der Waals surface area contributed by atoms with Crippen molar-refractivity contribution in [1.29, 1.82) is 0 Å². The van der Waals surface area contributed by atoms with Crippen LogP contribution in [0.2, 0.25) is 5.02 Å². The molecule has 0 radical (unpaired) electrons. The molecule has 9 nitrogen and oxygen atoms in total. The van der Waals surface area contributed by atoms with Crippen LogP contribution in [0.5, 0.6) is 5.88 Å². The second-order valence-corrected chi connectivity index (χ2v) is 16.1. The van der Waals surface area contributed by atoms with Gasteiger partial charge in [0, 0.05) is 54.1 Å². The second-order valence-electron chi connectivity index (χ2n) is 15.7. The minimum Gasteiger partial charge on any atom is -0.481 e. The van der Waals surface area contributed by atoms with Crippen molar-refractivity contribution in [2.45, 2.75) is 112 Å². The molecular weight excluding hydrogens is 722 g/mol. The van der Waals surface area contributed by atoms with E-state index in [0.29, 0.717) is 28.3 Å². The van der Waals surface area contributed by atoms with E-state index in [1.807, 2.05) is 57.2 Å². The van der Waals surface area contributed by atoms with Gasteiger partial charge in [-0.25, -0.2) is 4.98 Å². The number of aryl methyl sites for hydroxylation is 1. The van der Waals surface area contributed by atoms with E-state index in [-0.39, 0.29) is 22.9 Å². The number of fused-ring (bicyclic) bond motifs is 1. The first-order valence-corrected chi connectivity index (χ1v) is 20.4. The van der Waals surface area contributed by atoms with Crippen molar-refractivity contribution < 1.29 is 19.1 Å². The lowest BCUT2D eigenvalue weighted by Gasteiger charge is -2.34. The number of rotatable bonds is 13. The van der Waals surface area contributed by atoms with Crippen molar-refractivity contribution in [3.63, 3.8) is 0 Å². The molecular formula is C46H62ClN5O4. The average molecular weight is 784 g/mol. The lowest BCUT2D eigenvalue weighted by Crippen LogP contribution is -2.49. The largest absolute Gasteiger partial charge is 0.481 e. The van der Waals surface area contributed by atoms with Crippen LogP contribution in [0.4, 0.5) is 5.69 Å². The van der Waals surface area contributed by atoms with Gasteiger partial charge in [0.15, 0.2) is 0 Å². The van der Waals surface area contributed by atoms with Gasteiger partial charge >= 0.3 is 0 Å². The lowest BCUT2D eigenvalue weighted by molar-refractivity contribution is -0.128. The standard InChI is InChI=1S/C31H31ClN4O3.C15H31NO/c1-17-13-14-20-15-26(34-30(39-6)27(17)20)23-11-7-10-22(28(23)32)21-9-8-12-25(18(21)2)33-29(37)24-16-35(4)19(3)36(5)31(24)38;1-7-13(6)10-11-15(8-2,9-3)16-14(17)12(4)5/h7-12,15-17H,3,13-14H2,1-2,4-6H3,(H,33,37);12-13H,7-11H2,1-6H3,(H,16,17)/t;13-/m.1/s1. The van der Waals surface area contributed by atoms with Crippen molar-refractivity contribution in [1.82, 2.24) is 20.1 Å². The van der Waals surface area contributed by atoms with Crippen LogP contribution in [0.15, 0.2) is 66.6 Å². The average Bonchev–Trinajstić information content (AvgIpc) is 3.57. The molecule has 2 aromatic carbocycles. The Hall–Kier alpha value is -4.63.